The molecule has 222 valence electrons. The van der Waals surface area contributed by atoms with Gasteiger partial charge in [0.15, 0.2) is 6.35 Å². The zero-order chi connectivity index (χ0) is 29.0. The maximum Gasteiger partial charge on any atom is 0.410 e. The minimum absolute atomic E-state index is 0.0415. The Morgan fingerprint density at radius 2 is 1.73 bits per heavy atom. The predicted molar refractivity (Wildman–Crippen MR) is 155 cm³/mol. The van der Waals surface area contributed by atoms with Crippen LogP contribution in [0.2, 0.25) is 0 Å². The second-order valence-corrected chi connectivity index (χ2v) is 12.1. The molecule has 3 aliphatic heterocycles. The van der Waals surface area contributed by atoms with Gasteiger partial charge in [0.2, 0.25) is 5.91 Å². The smallest absolute Gasteiger partial charge is 0.410 e. The van der Waals surface area contributed by atoms with Gasteiger partial charge in [0.05, 0.1) is 17.8 Å². The second-order valence-electron chi connectivity index (χ2n) is 12.1. The summed E-state index contributed by atoms with van der Waals surface area (Å²) in [7, 11) is 1.79. The van der Waals surface area contributed by atoms with Crippen LogP contribution in [0.5, 0.6) is 0 Å². The number of hydrogen-bond donors (Lipinski definition) is 1. The molecule has 0 aliphatic carbocycles. The first-order chi connectivity index (χ1) is 19.6. The van der Waals surface area contributed by atoms with E-state index in [1.165, 1.54) is 17.6 Å². The lowest BCUT2D eigenvalue weighted by molar-refractivity contribution is -0.167. The van der Waals surface area contributed by atoms with E-state index in [0.717, 1.165) is 51.3 Å². The number of piperazine rings is 1. The number of carbonyl (C=O) groups excluding carboxylic acids is 2. The quantitative estimate of drug-likeness (QED) is 0.566. The second kappa shape index (κ2) is 12.7. The third-order valence-electron chi connectivity index (χ3n) is 7.92. The van der Waals surface area contributed by atoms with Crippen molar-refractivity contribution in [3.63, 3.8) is 0 Å². The van der Waals surface area contributed by atoms with E-state index >= 15 is 0 Å². The van der Waals surface area contributed by atoms with Crippen molar-refractivity contribution >= 4 is 17.7 Å². The number of nitrogens with zero attached hydrogens (tertiary/aromatic N) is 6. The van der Waals surface area contributed by atoms with E-state index in [4.69, 9.17) is 9.47 Å². The Hall–Kier alpha value is -3.28. The van der Waals surface area contributed by atoms with Gasteiger partial charge in [-0.2, -0.15) is 0 Å². The Morgan fingerprint density at radius 3 is 2.37 bits per heavy atom. The van der Waals surface area contributed by atoms with E-state index < -0.39 is 12.0 Å². The lowest BCUT2D eigenvalue weighted by Gasteiger charge is -2.41. The lowest BCUT2D eigenvalue weighted by Crippen LogP contribution is -2.56. The van der Waals surface area contributed by atoms with Crippen LogP contribution >= 0.6 is 0 Å². The van der Waals surface area contributed by atoms with Gasteiger partial charge in [-0.3, -0.25) is 15.0 Å². The molecule has 2 aromatic rings. The summed E-state index contributed by atoms with van der Waals surface area (Å²) in [6.07, 6.45) is 4.71. The van der Waals surface area contributed by atoms with Gasteiger partial charge >= 0.3 is 6.09 Å². The summed E-state index contributed by atoms with van der Waals surface area (Å²) in [6, 6.07) is 10.5. The van der Waals surface area contributed by atoms with E-state index in [9.17, 15) is 9.59 Å². The van der Waals surface area contributed by atoms with Gasteiger partial charge < -0.3 is 24.2 Å². The highest BCUT2D eigenvalue weighted by molar-refractivity contribution is 5.77. The molecule has 0 bridgehead atoms. The molecular weight excluding hydrogens is 522 g/mol. The number of rotatable bonds is 6. The number of nitrogens with one attached hydrogen (secondary N) is 1. The van der Waals surface area contributed by atoms with Crippen molar-refractivity contribution in [1.29, 1.82) is 0 Å². The minimum Gasteiger partial charge on any atom is -0.444 e. The summed E-state index contributed by atoms with van der Waals surface area (Å²) in [5.74, 6) is 0.0415. The maximum atomic E-state index is 12.6. The van der Waals surface area contributed by atoms with Crippen LogP contribution in [0.25, 0.3) is 0 Å². The molecule has 3 saturated heterocycles. The summed E-state index contributed by atoms with van der Waals surface area (Å²) < 4.78 is 11.9. The number of carbonyl (C=O) groups is 2. The summed E-state index contributed by atoms with van der Waals surface area (Å²) in [6.45, 7) is 11.4. The molecule has 2 atom stereocenters. The van der Waals surface area contributed by atoms with Crippen LogP contribution < -0.4 is 10.2 Å². The van der Waals surface area contributed by atoms with Gasteiger partial charge in [-0.1, -0.05) is 12.1 Å². The van der Waals surface area contributed by atoms with Crippen LogP contribution in [0.4, 0.5) is 10.5 Å². The van der Waals surface area contributed by atoms with Crippen molar-refractivity contribution in [2.45, 2.75) is 70.7 Å². The van der Waals surface area contributed by atoms with Gasteiger partial charge in [0, 0.05) is 71.2 Å². The molecule has 2 amide bonds. The Kier molecular flexibility index (Phi) is 9.06. The topological polar surface area (TPSA) is 103 Å². The SMILES string of the molecule is CN1C(=O)CC(c2ccncn2)NC1OC1CCN(c2ccc(CN3CCN(C(=O)OC(C)(C)C)CC3)cc2)CC1. The van der Waals surface area contributed by atoms with Crippen molar-refractivity contribution in [1.82, 2.24) is 30.0 Å². The molecule has 1 aromatic carbocycles. The maximum absolute atomic E-state index is 12.6. The summed E-state index contributed by atoms with van der Waals surface area (Å²) in [4.78, 5) is 41.5. The number of anilines is 1. The minimum atomic E-state index is -0.474. The van der Waals surface area contributed by atoms with Crippen molar-refractivity contribution in [2.75, 3.05) is 51.2 Å². The van der Waals surface area contributed by atoms with Crippen LogP contribution in [-0.4, -0.2) is 101 Å². The van der Waals surface area contributed by atoms with E-state index in [2.05, 4.69) is 49.4 Å². The van der Waals surface area contributed by atoms with Crippen LogP contribution in [0.1, 0.15) is 57.3 Å². The van der Waals surface area contributed by atoms with E-state index in [-0.39, 0.29) is 24.1 Å². The number of aromatic nitrogens is 2. The van der Waals surface area contributed by atoms with Gasteiger partial charge in [0.25, 0.3) is 0 Å². The van der Waals surface area contributed by atoms with Gasteiger partial charge in [0.1, 0.15) is 11.9 Å². The average molecular weight is 566 g/mol. The molecule has 0 radical (unpaired) electrons. The lowest BCUT2D eigenvalue weighted by atomic mass is 10.1. The first-order valence-corrected chi connectivity index (χ1v) is 14.6. The molecule has 3 aliphatic rings. The molecule has 3 fully saturated rings. The van der Waals surface area contributed by atoms with Crippen LogP contribution in [0.3, 0.4) is 0 Å². The Bertz CT molecular complexity index is 1160. The molecule has 2 unspecified atom stereocenters. The van der Waals surface area contributed by atoms with Crippen molar-refractivity contribution in [3.8, 4) is 0 Å². The Morgan fingerprint density at radius 1 is 1.02 bits per heavy atom. The molecule has 4 heterocycles. The number of ether oxygens (including phenoxy) is 2. The van der Waals surface area contributed by atoms with Crippen molar-refractivity contribution in [3.05, 3.63) is 54.1 Å². The summed E-state index contributed by atoms with van der Waals surface area (Å²) >= 11 is 0. The zero-order valence-corrected chi connectivity index (χ0v) is 24.7. The highest BCUT2D eigenvalue weighted by atomic mass is 16.6. The number of benzene rings is 1. The highest BCUT2D eigenvalue weighted by Gasteiger charge is 2.35. The van der Waals surface area contributed by atoms with Crippen LogP contribution in [-0.2, 0) is 20.8 Å². The van der Waals surface area contributed by atoms with Crippen LogP contribution in [0.15, 0.2) is 42.9 Å². The number of amides is 2. The van der Waals surface area contributed by atoms with Gasteiger partial charge in [-0.25, -0.2) is 14.8 Å². The number of hydrogen-bond acceptors (Lipinski definition) is 9. The van der Waals surface area contributed by atoms with E-state index in [1.54, 1.807) is 23.0 Å². The van der Waals surface area contributed by atoms with E-state index in [0.29, 0.717) is 19.5 Å². The monoisotopic (exact) mass is 565 g/mol. The standard InChI is InChI=1S/C30H43N7O4/c1-30(2,3)41-29(39)37-17-15-35(16-18-37)20-22-5-7-23(8-6-22)36-13-10-24(11-14-36)40-28-33-26(19-27(38)34(28)4)25-9-12-31-21-32-25/h5-9,12,21,24,26,28,33H,10-11,13-20H2,1-4H3. The zero-order valence-electron chi connectivity index (χ0n) is 24.7. The molecule has 11 nitrogen and oxygen atoms in total. The fourth-order valence-corrected chi connectivity index (χ4v) is 5.54. The van der Waals surface area contributed by atoms with Gasteiger partial charge in [-0.05, 0) is 57.4 Å². The van der Waals surface area contributed by atoms with Gasteiger partial charge in [-0.15, -0.1) is 0 Å². The molecule has 5 rings (SSSR count). The third kappa shape index (κ3) is 7.72. The fraction of sp³-hybridized carbons (Fsp3) is 0.600. The van der Waals surface area contributed by atoms with Crippen LogP contribution in [0, 0.1) is 0 Å². The Balaban J connectivity index is 1.06. The van der Waals surface area contributed by atoms with E-state index in [1.807, 2.05) is 26.8 Å². The third-order valence-corrected chi connectivity index (χ3v) is 7.92. The summed E-state index contributed by atoms with van der Waals surface area (Å²) in [5.41, 5.74) is 2.82. The molecular formula is C30H43N7O4. The first-order valence-electron chi connectivity index (χ1n) is 14.6. The molecule has 0 spiro atoms. The highest BCUT2D eigenvalue weighted by Crippen LogP contribution is 2.26. The number of piperidine rings is 1. The van der Waals surface area contributed by atoms with Crippen molar-refractivity contribution < 1.29 is 19.1 Å². The van der Waals surface area contributed by atoms with Crippen molar-refractivity contribution in [2.24, 2.45) is 0 Å². The average Bonchev–Trinajstić information content (AvgIpc) is 2.96. The molecule has 11 heteroatoms. The largest absolute Gasteiger partial charge is 0.444 e. The predicted octanol–water partition coefficient (Wildman–Crippen LogP) is 2.99. The molecule has 41 heavy (non-hydrogen) atoms. The Labute approximate surface area is 242 Å². The molecule has 1 aromatic heterocycles. The molecule has 0 saturated carbocycles. The first kappa shape index (κ1) is 29.2. The molecule has 1 N–H and O–H groups in total. The summed E-state index contributed by atoms with van der Waals surface area (Å²) in [5, 5.41) is 3.45. The normalized spacial score (nSPS) is 23.1. The fourth-order valence-electron chi connectivity index (χ4n) is 5.54.